The van der Waals surface area contributed by atoms with Crippen molar-refractivity contribution in [1.29, 1.82) is 0 Å². The van der Waals surface area contributed by atoms with Gasteiger partial charge in [0.25, 0.3) is 5.91 Å². The second kappa shape index (κ2) is 6.28. The molecular formula is C21H14ClN3O4. The van der Waals surface area contributed by atoms with Crippen molar-refractivity contribution in [1.82, 2.24) is 10.1 Å². The molecule has 29 heavy (non-hydrogen) atoms. The molecule has 4 heterocycles. The van der Waals surface area contributed by atoms with E-state index in [1.807, 2.05) is 0 Å². The van der Waals surface area contributed by atoms with Crippen LogP contribution >= 0.6 is 11.6 Å². The molecule has 8 heteroatoms. The normalized spacial score (nSPS) is 15.9. The smallest absolute Gasteiger partial charge is 0.296 e. The number of benzene rings is 1. The lowest BCUT2D eigenvalue weighted by molar-refractivity contribution is 0.0969. The Morgan fingerprint density at radius 2 is 1.86 bits per heavy atom. The lowest BCUT2D eigenvalue weighted by atomic mass is 9.99. The summed E-state index contributed by atoms with van der Waals surface area (Å²) in [6, 6.07) is 7.66. The van der Waals surface area contributed by atoms with Crippen LogP contribution in [0, 0.1) is 13.8 Å². The van der Waals surface area contributed by atoms with Gasteiger partial charge < -0.3 is 8.94 Å². The minimum Gasteiger partial charge on any atom is -0.450 e. The number of nitrogens with zero attached hydrogens (tertiary/aromatic N) is 3. The summed E-state index contributed by atoms with van der Waals surface area (Å²) in [6.07, 6.45) is 3.21. The molecule has 1 aliphatic rings. The monoisotopic (exact) mass is 407 g/mol. The Bertz CT molecular complexity index is 1340. The highest BCUT2D eigenvalue weighted by Crippen LogP contribution is 2.41. The van der Waals surface area contributed by atoms with Gasteiger partial charge in [-0.15, -0.1) is 0 Å². The van der Waals surface area contributed by atoms with E-state index in [0.717, 1.165) is 5.56 Å². The number of anilines is 1. The van der Waals surface area contributed by atoms with Gasteiger partial charge in [-0.2, -0.15) is 0 Å². The highest BCUT2D eigenvalue weighted by molar-refractivity contribution is 6.32. The highest BCUT2D eigenvalue weighted by Gasteiger charge is 2.44. The average Bonchev–Trinajstić information content (AvgIpc) is 3.26. The van der Waals surface area contributed by atoms with Crippen LogP contribution in [-0.4, -0.2) is 16.0 Å². The van der Waals surface area contributed by atoms with Crippen LogP contribution in [0.25, 0.3) is 11.0 Å². The third kappa shape index (κ3) is 2.58. The molecule has 3 aromatic heterocycles. The SMILES string of the molecule is Cc1cc(N2C(=O)c3oc4cc(C)c(Cl)cc4c(=O)c3[C@H]2c2ccncc2)no1. The zero-order valence-corrected chi connectivity index (χ0v) is 16.2. The van der Waals surface area contributed by atoms with E-state index < -0.39 is 11.9 Å². The predicted molar refractivity (Wildman–Crippen MR) is 106 cm³/mol. The summed E-state index contributed by atoms with van der Waals surface area (Å²) in [4.78, 5) is 32.2. The van der Waals surface area contributed by atoms with E-state index in [1.54, 1.807) is 56.6 Å². The maximum Gasteiger partial charge on any atom is 0.296 e. The molecule has 0 N–H and O–H groups in total. The zero-order valence-electron chi connectivity index (χ0n) is 15.5. The van der Waals surface area contributed by atoms with E-state index in [-0.39, 0.29) is 16.8 Å². The third-order valence-corrected chi connectivity index (χ3v) is 5.44. The van der Waals surface area contributed by atoms with Gasteiger partial charge in [-0.05, 0) is 49.2 Å². The molecule has 0 unspecified atom stereocenters. The lowest BCUT2D eigenvalue weighted by Crippen LogP contribution is -2.29. The number of fused-ring (bicyclic) bond motifs is 2. The first-order valence-electron chi connectivity index (χ1n) is 8.89. The molecule has 0 radical (unpaired) electrons. The zero-order chi connectivity index (χ0) is 20.3. The summed E-state index contributed by atoms with van der Waals surface area (Å²) in [6.45, 7) is 3.54. The van der Waals surface area contributed by atoms with E-state index in [2.05, 4.69) is 10.1 Å². The number of carbonyl (C=O) groups excluding carboxylic acids is 1. The van der Waals surface area contributed by atoms with Gasteiger partial charge in [-0.25, -0.2) is 0 Å². The molecule has 0 fully saturated rings. The molecule has 1 amide bonds. The molecule has 0 saturated heterocycles. The summed E-state index contributed by atoms with van der Waals surface area (Å²) >= 11 is 6.23. The van der Waals surface area contributed by atoms with Gasteiger partial charge in [0.1, 0.15) is 11.3 Å². The van der Waals surface area contributed by atoms with Crippen LogP contribution in [0.4, 0.5) is 5.82 Å². The molecule has 0 saturated carbocycles. The maximum atomic E-state index is 13.4. The second-order valence-corrected chi connectivity index (χ2v) is 7.33. The van der Waals surface area contributed by atoms with Crippen molar-refractivity contribution in [2.45, 2.75) is 19.9 Å². The van der Waals surface area contributed by atoms with Crippen LogP contribution in [-0.2, 0) is 0 Å². The molecule has 1 aliphatic heterocycles. The minimum atomic E-state index is -0.717. The van der Waals surface area contributed by atoms with Crippen LogP contribution in [0.3, 0.4) is 0 Å². The number of hydrogen-bond acceptors (Lipinski definition) is 6. The van der Waals surface area contributed by atoms with Crippen molar-refractivity contribution in [3.05, 3.63) is 86.2 Å². The molecule has 4 aromatic rings. The Morgan fingerprint density at radius 3 is 2.55 bits per heavy atom. The molecule has 1 atom stereocenters. The first kappa shape index (κ1) is 17.6. The highest BCUT2D eigenvalue weighted by atomic mass is 35.5. The number of aryl methyl sites for hydroxylation is 2. The van der Waals surface area contributed by atoms with E-state index in [0.29, 0.717) is 33.1 Å². The van der Waals surface area contributed by atoms with E-state index in [4.69, 9.17) is 20.5 Å². The summed E-state index contributed by atoms with van der Waals surface area (Å²) in [7, 11) is 0. The number of pyridine rings is 1. The fourth-order valence-corrected chi connectivity index (χ4v) is 3.82. The largest absolute Gasteiger partial charge is 0.450 e. The number of rotatable bonds is 2. The molecule has 7 nitrogen and oxygen atoms in total. The van der Waals surface area contributed by atoms with Crippen LogP contribution in [0.1, 0.15) is 39.0 Å². The summed E-state index contributed by atoms with van der Waals surface area (Å²) in [5, 5.41) is 4.76. The number of amides is 1. The molecule has 0 bridgehead atoms. The number of hydrogen-bond donors (Lipinski definition) is 0. The lowest BCUT2D eigenvalue weighted by Gasteiger charge is -2.22. The number of aromatic nitrogens is 2. The first-order valence-corrected chi connectivity index (χ1v) is 9.27. The summed E-state index contributed by atoms with van der Waals surface area (Å²) in [5.41, 5.74) is 1.71. The third-order valence-electron chi connectivity index (χ3n) is 5.04. The van der Waals surface area contributed by atoms with Crippen LogP contribution in [0.5, 0.6) is 0 Å². The summed E-state index contributed by atoms with van der Waals surface area (Å²) in [5.74, 6) is 0.385. The van der Waals surface area contributed by atoms with E-state index in [1.165, 1.54) is 4.90 Å². The van der Waals surface area contributed by atoms with Gasteiger partial charge in [0.05, 0.1) is 17.0 Å². The van der Waals surface area contributed by atoms with E-state index in [9.17, 15) is 9.59 Å². The number of halogens is 1. The first-order chi connectivity index (χ1) is 14.0. The number of carbonyl (C=O) groups is 1. The average molecular weight is 408 g/mol. The second-order valence-electron chi connectivity index (χ2n) is 6.93. The van der Waals surface area contributed by atoms with Crippen molar-refractivity contribution >= 4 is 34.3 Å². The summed E-state index contributed by atoms with van der Waals surface area (Å²) < 4.78 is 11.1. The van der Waals surface area contributed by atoms with Crippen molar-refractivity contribution in [3.63, 3.8) is 0 Å². The topological polar surface area (TPSA) is 89.4 Å². The fourth-order valence-electron chi connectivity index (χ4n) is 3.66. The van der Waals surface area contributed by atoms with E-state index >= 15 is 0 Å². The Labute approximate surface area is 169 Å². The standard InChI is InChI=1S/C21H14ClN3O4/c1-10-7-15-13(9-14(10)22)19(26)17-18(12-3-5-23-6-4-12)25(21(27)20(17)28-15)16-8-11(2)29-24-16/h3-9,18H,1-2H3/t18-/m1/s1. The Balaban J connectivity index is 1.84. The molecule has 144 valence electrons. The van der Waals surface area contributed by atoms with Crippen molar-refractivity contribution in [3.8, 4) is 0 Å². The van der Waals surface area contributed by atoms with Crippen LogP contribution in [0.15, 0.2) is 56.5 Å². The fraction of sp³-hybridized carbons (Fsp3) is 0.143. The molecule has 5 rings (SSSR count). The molecule has 1 aromatic carbocycles. The predicted octanol–water partition coefficient (Wildman–Crippen LogP) is 4.20. The quantitative estimate of drug-likeness (QED) is 0.494. The molecule has 0 spiro atoms. The van der Waals surface area contributed by atoms with Crippen LogP contribution in [0.2, 0.25) is 5.02 Å². The maximum absolute atomic E-state index is 13.4. The van der Waals surface area contributed by atoms with Crippen molar-refractivity contribution < 1.29 is 13.7 Å². The van der Waals surface area contributed by atoms with Gasteiger partial charge in [0, 0.05) is 23.5 Å². The van der Waals surface area contributed by atoms with Gasteiger partial charge in [0.2, 0.25) is 5.76 Å². The van der Waals surface area contributed by atoms with Gasteiger partial charge in [-0.3, -0.25) is 19.5 Å². The van der Waals surface area contributed by atoms with Gasteiger partial charge >= 0.3 is 0 Å². The molecular weight excluding hydrogens is 394 g/mol. The Morgan fingerprint density at radius 1 is 1.10 bits per heavy atom. The Hall–Kier alpha value is -3.45. The van der Waals surface area contributed by atoms with Gasteiger partial charge in [-0.1, -0.05) is 16.8 Å². The van der Waals surface area contributed by atoms with Crippen LogP contribution < -0.4 is 10.3 Å². The van der Waals surface area contributed by atoms with Gasteiger partial charge in [0.15, 0.2) is 11.2 Å². The molecule has 0 aliphatic carbocycles. The Kier molecular flexibility index (Phi) is 3.82. The van der Waals surface area contributed by atoms with Crippen molar-refractivity contribution in [2.24, 2.45) is 0 Å². The minimum absolute atomic E-state index is 0.00770. The van der Waals surface area contributed by atoms with Crippen molar-refractivity contribution in [2.75, 3.05) is 4.90 Å².